The number of piperazine rings is 1. The van der Waals surface area contributed by atoms with Crippen molar-refractivity contribution in [1.29, 1.82) is 0 Å². The lowest BCUT2D eigenvalue weighted by molar-refractivity contribution is 0.233. The largest absolute Gasteiger partial charge is 0.434 e. The van der Waals surface area contributed by atoms with E-state index in [4.69, 9.17) is 10.2 Å². The number of oxazole rings is 1. The van der Waals surface area contributed by atoms with Gasteiger partial charge in [-0.05, 0) is 35.9 Å². The van der Waals surface area contributed by atoms with Gasteiger partial charge in [0.25, 0.3) is 0 Å². The molecular formula is C17H19N5O. The Hall–Kier alpha value is -2.44. The molecule has 0 saturated carbocycles. The summed E-state index contributed by atoms with van der Waals surface area (Å²) in [5, 5.41) is 3.37. The fraction of sp³-hybridized carbons (Fsp3) is 0.294. The van der Waals surface area contributed by atoms with E-state index in [9.17, 15) is 0 Å². The summed E-state index contributed by atoms with van der Waals surface area (Å²) >= 11 is 0. The molecule has 0 amide bonds. The second-order valence-electron chi connectivity index (χ2n) is 5.83. The van der Waals surface area contributed by atoms with E-state index in [0.717, 1.165) is 44.0 Å². The van der Waals surface area contributed by atoms with Crippen LogP contribution in [0.4, 0.5) is 5.69 Å². The first-order chi connectivity index (χ1) is 11.3. The van der Waals surface area contributed by atoms with Gasteiger partial charge in [0.2, 0.25) is 5.89 Å². The van der Waals surface area contributed by atoms with Crippen LogP contribution in [-0.2, 0) is 6.54 Å². The van der Waals surface area contributed by atoms with Crippen molar-refractivity contribution in [2.75, 3.05) is 31.9 Å². The second kappa shape index (κ2) is 5.98. The predicted molar refractivity (Wildman–Crippen MR) is 89.8 cm³/mol. The highest BCUT2D eigenvalue weighted by Crippen LogP contribution is 2.26. The van der Waals surface area contributed by atoms with Gasteiger partial charge in [-0.25, -0.2) is 4.98 Å². The highest BCUT2D eigenvalue weighted by atomic mass is 16.3. The molecule has 6 nitrogen and oxygen atoms in total. The number of fused-ring (bicyclic) bond motifs is 1. The van der Waals surface area contributed by atoms with Gasteiger partial charge < -0.3 is 15.5 Å². The Morgan fingerprint density at radius 3 is 2.91 bits per heavy atom. The summed E-state index contributed by atoms with van der Waals surface area (Å²) in [6, 6.07) is 9.72. The zero-order valence-corrected chi connectivity index (χ0v) is 12.8. The third kappa shape index (κ3) is 3.04. The van der Waals surface area contributed by atoms with Gasteiger partial charge in [0, 0.05) is 50.2 Å². The molecule has 1 saturated heterocycles. The van der Waals surface area contributed by atoms with Crippen molar-refractivity contribution in [2.24, 2.45) is 0 Å². The van der Waals surface area contributed by atoms with E-state index in [1.807, 2.05) is 24.3 Å². The standard InChI is InChI=1S/C17H19N5O/c18-14-9-12(11-22-6-4-19-5-7-22)8-13(10-14)17-21-16-15(23-17)2-1-3-20-16/h1-3,8-10,19H,4-7,11,18H2. The number of nitrogen functional groups attached to an aromatic ring is 1. The maximum absolute atomic E-state index is 6.08. The third-order valence-corrected chi connectivity index (χ3v) is 4.04. The van der Waals surface area contributed by atoms with Gasteiger partial charge in [-0.2, -0.15) is 4.98 Å². The quantitative estimate of drug-likeness (QED) is 0.719. The maximum atomic E-state index is 6.08. The number of anilines is 1. The molecule has 4 rings (SSSR count). The van der Waals surface area contributed by atoms with E-state index in [1.165, 1.54) is 5.56 Å². The lowest BCUT2D eigenvalue weighted by Crippen LogP contribution is -2.42. The van der Waals surface area contributed by atoms with Crippen LogP contribution in [0.25, 0.3) is 22.7 Å². The van der Waals surface area contributed by atoms with Crippen molar-refractivity contribution in [3.8, 4) is 11.5 Å². The van der Waals surface area contributed by atoms with E-state index in [2.05, 4.69) is 26.3 Å². The third-order valence-electron chi connectivity index (χ3n) is 4.04. The highest BCUT2D eigenvalue weighted by molar-refractivity contribution is 5.73. The topological polar surface area (TPSA) is 80.2 Å². The van der Waals surface area contributed by atoms with Crippen LogP contribution in [0.2, 0.25) is 0 Å². The molecule has 0 atom stereocenters. The number of pyridine rings is 1. The first-order valence-electron chi connectivity index (χ1n) is 7.82. The van der Waals surface area contributed by atoms with E-state index in [0.29, 0.717) is 17.1 Å². The van der Waals surface area contributed by atoms with Crippen LogP contribution in [0.1, 0.15) is 5.56 Å². The van der Waals surface area contributed by atoms with Crippen LogP contribution in [0, 0.1) is 0 Å². The molecule has 0 radical (unpaired) electrons. The van der Waals surface area contributed by atoms with Gasteiger partial charge in [0.15, 0.2) is 11.2 Å². The predicted octanol–water partition coefficient (Wildman–Crippen LogP) is 1.88. The average molecular weight is 309 g/mol. The summed E-state index contributed by atoms with van der Waals surface area (Å²) in [6.07, 6.45) is 1.71. The number of nitrogens with two attached hydrogens (primary N) is 1. The average Bonchev–Trinajstić information content (AvgIpc) is 2.99. The molecule has 0 unspecified atom stereocenters. The number of hydrogen-bond acceptors (Lipinski definition) is 6. The summed E-state index contributed by atoms with van der Waals surface area (Å²) in [5.41, 5.74) is 10.2. The Morgan fingerprint density at radius 1 is 1.22 bits per heavy atom. The molecule has 1 aliphatic heterocycles. The monoisotopic (exact) mass is 309 g/mol. The molecule has 3 heterocycles. The van der Waals surface area contributed by atoms with Crippen molar-refractivity contribution in [1.82, 2.24) is 20.2 Å². The molecule has 0 spiro atoms. The summed E-state index contributed by atoms with van der Waals surface area (Å²) in [5.74, 6) is 0.563. The maximum Gasteiger partial charge on any atom is 0.228 e. The van der Waals surface area contributed by atoms with Crippen LogP contribution < -0.4 is 11.1 Å². The lowest BCUT2D eigenvalue weighted by atomic mass is 10.1. The van der Waals surface area contributed by atoms with Gasteiger partial charge in [-0.1, -0.05) is 0 Å². The Labute approximate surface area is 134 Å². The Morgan fingerprint density at radius 2 is 2.09 bits per heavy atom. The molecule has 0 bridgehead atoms. The van der Waals surface area contributed by atoms with Gasteiger partial charge >= 0.3 is 0 Å². The summed E-state index contributed by atoms with van der Waals surface area (Å²) in [4.78, 5) is 11.1. The second-order valence-corrected chi connectivity index (χ2v) is 5.83. The zero-order valence-electron chi connectivity index (χ0n) is 12.8. The molecule has 1 aromatic carbocycles. The first-order valence-corrected chi connectivity index (χ1v) is 7.82. The van der Waals surface area contributed by atoms with Crippen molar-refractivity contribution in [2.45, 2.75) is 6.54 Å². The minimum absolute atomic E-state index is 0.563. The van der Waals surface area contributed by atoms with Gasteiger partial charge in [-0.15, -0.1) is 0 Å². The number of hydrogen-bond donors (Lipinski definition) is 2. The number of benzene rings is 1. The molecule has 23 heavy (non-hydrogen) atoms. The van der Waals surface area contributed by atoms with E-state index in [1.54, 1.807) is 6.20 Å². The van der Waals surface area contributed by atoms with E-state index < -0.39 is 0 Å². The van der Waals surface area contributed by atoms with Gasteiger partial charge in [-0.3, -0.25) is 4.90 Å². The SMILES string of the molecule is Nc1cc(CN2CCNCC2)cc(-c2nc3ncccc3o2)c1. The summed E-state index contributed by atoms with van der Waals surface area (Å²) < 4.78 is 5.80. The number of rotatable bonds is 3. The van der Waals surface area contributed by atoms with Crippen molar-refractivity contribution >= 4 is 16.9 Å². The van der Waals surface area contributed by atoms with E-state index >= 15 is 0 Å². The van der Waals surface area contributed by atoms with Crippen LogP contribution >= 0.6 is 0 Å². The molecule has 0 aliphatic carbocycles. The minimum atomic E-state index is 0.563. The van der Waals surface area contributed by atoms with Crippen molar-refractivity contribution in [3.05, 3.63) is 42.1 Å². The molecule has 1 fully saturated rings. The first kappa shape index (κ1) is 14.2. The Balaban J connectivity index is 1.65. The molecule has 6 heteroatoms. The molecule has 1 aliphatic rings. The zero-order chi connectivity index (χ0) is 15.6. The van der Waals surface area contributed by atoms with Crippen LogP contribution in [0.3, 0.4) is 0 Å². The molecule has 2 aromatic heterocycles. The van der Waals surface area contributed by atoms with Crippen molar-refractivity contribution in [3.63, 3.8) is 0 Å². The summed E-state index contributed by atoms with van der Waals surface area (Å²) in [6.45, 7) is 5.06. The fourth-order valence-electron chi connectivity index (χ4n) is 2.95. The Kier molecular flexibility index (Phi) is 3.69. The smallest absolute Gasteiger partial charge is 0.228 e. The normalized spacial score (nSPS) is 16.0. The van der Waals surface area contributed by atoms with Crippen LogP contribution in [0.15, 0.2) is 40.9 Å². The number of nitrogens with zero attached hydrogens (tertiary/aromatic N) is 3. The number of nitrogens with one attached hydrogen (secondary N) is 1. The minimum Gasteiger partial charge on any atom is -0.434 e. The molecule has 3 N–H and O–H groups in total. The Bertz CT molecular complexity index is 790. The van der Waals surface area contributed by atoms with Gasteiger partial charge in [0.1, 0.15) is 0 Å². The molecular weight excluding hydrogens is 290 g/mol. The molecule has 3 aromatic rings. The van der Waals surface area contributed by atoms with Crippen molar-refractivity contribution < 1.29 is 4.42 Å². The van der Waals surface area contributed by atoms with E-state index in [-0.39, 0.29) is 0 Å². The lowest BCUT2D eigenvalue weighted by Gasteiger charge is -2.27. The van der Waals surface area contributed by atoms with Crippen LogP contribution in [-0.4, -0.2) is 41.0 Å². The van der Waals surface area contributed by atoms with Gasteiger partial charge in [0.05, 0.1) is 0 Å². The highest BCUT2D eigenvalue weighted by Gasteiger charge is 2.13. The van der Waals surface area contributed by atoms with Crippen LogP contribution in [0.5, 0.6) is 0 Å². The fourth-order valence-corrected chi connectivity index (χ4v) is 2.95. The molecule has 118 valence electrons. The number of aromatic nitrogens is 2. The summed E-state index contributed by atoms with van der Waals surface area (Å²) in [7, 11) is 0.